The van der Waals surface area contributed by atoms with Gasteiger partial charge in [-0.2, -0.15) is 0 Å². The summed E-state index contributed by atoms with van der Waals surface area (Å²) in [6.45, 7) is 12.2. The summed E-state index contributed by atoms with van der Waals surface area (Å²) in [4.78, 5) is 13.3. The van der Waals surface area contributed by atoms with Crippen molar-refractivity contribution in [2.45, 2.75) is 59.1 Å². The van der Waals surface area contributed by atoms with Crippen LogP contribution in [0.4, 0.5) is 5.82 Å². The van der Waals surface area contributed by atoms with E-state index in [2.05, 4.69) is 76.9 Å². The molecule has 2 aromatic carbocycles. The quantitative estimate of drug-likeness (QED) is 0.474. The highest BCUT2D eigenvalue weighted by Crippen LogP contribution is 2.39. The van der Waals surface area contributed by atoms with Gasteiger partial charge in [-0.15, -0.1) is 0 Å². The maximum absolute atomic E-state index is 6.40. The SMILES string of the molecule is CC(C)(C)C1CCC(Oc2ccc3cc(CN4CCN(c5ccncn5)CC4)ccc3c2)CC1. The van der Waals surface area contributed by atoms with Crippen LogP contribution in [0.15, 0.2) is 55.0 Å². The number of hydrogen-bond acceptors (Lipinski definition) is 5. The third kappa shape index (κ3) is 5.52. The molecule has 0 atom stereocenters. The highest BCUT2D eigenvalue weighted by atomic mass is 16.5. The molecule has 0 unspecified atom stereocenters. The molecule has 0 N–H and O–H groups in total. The summed E-state index contributed by atoms with van der Waals surface area (Å²) in [6.07, 6.45) is 8.70. The second kappa shape index (κ2) is 9.91. The Balaban J connectivity index is 1.16. The molecule has 1 aliphatic carbocycles. The topological polar surface area (TPSA) is 41.5 Å². The summed E-state index contributed by atoms with van der Waals surface area (Å²) in [6, 6.07) is 15.5. The molecule has 5 heteroatoms. The molecule has 2 heterocycles. The minimum absolute atomic E-state index is 0.358. The van der Waals surface area contributed by atoms with Crippen LogP contribution in [-0.2, 0) is 6.54 Å². The lowest BCUT2D eigenvalue weighted by atomic mass is 9.72. The van der Waals surface area contributed by atoms with Crippen LogP contribution in [0.3, 0.4) is 0 Å². The van der Waals surface area contributed by atoms with Crippen molar-refractivity contribution in [3.63, 3.8) is 0 Å². The Bertz CT molecular complexity index is 1080. The van der Waals surface area contributed by atoms with Gasteiger partial charge in [0.1, 0.15) is 17.9 Å². The van der Waals surface area contributed by atoms with E-state index in [1.165, 1.54) is 42.0 Å². The van der Waals surface area contributed by atoms with Crippen LogP contribution >= 0.6 is 0 Å². The van der Waals surface area contributed by atoms with Crippen LogP contribution in [0.1, 0.15) is 52.0 Å². The van der Waals surface area contributed by atoms with Crippen LogP contribution in [0, 0.1) is 11.3 Å². The molecule has 0 spiro atoms. The summed E-state index contributed by atoms with van der Waals surface area (Å²) in [5, 5.41) is 2.55. The van der Waals surface area contributed by atoms with Gasteiger partial charge in [-0.1, -0.05) is 39.0 Å². The van der Waals surface area contributed by atoms with Crippen LogP contribution in [0.2, 0.25) is 0 Å². The fourth-order valence-electron chi connectivity index (χ4n) is 5.55. The minimum atomic E-state index is 0.358. The zero-order chi connectivity index (χ0) is 23.5. The molecule has 3 aromatic rings. The highest BCUT2D eigenvalue weighted by molar-refractivity contribution is 5.84. The van der Waals surface area contributed by atoms with Gasteiger partial charge in [0.15, 0.2) is 0 Å². The Morgan fingerprint density at radius 1 is 0.882 bits per heavy atom. The number of aromatic nitrogens is 2. The summed E-state index contributed by atoms with van der Waals surface area (Å²) >= 11 is 0. The van der Waals surface area contributed by atoms with Crippen molar-refractivity contribution in [1.82, 2.24) is 14.9 Å². The van der Waals surface area contributed by atoms with Crippen molar-refractivity contribution in [2.24, 2.45) is 11.3 Å². The number of rotatable bonds is 5. The van der Waals surface area contributed by atoms with E-state index >= 15 is 0 Å². The highest BCUT2D eigenvalue weighted by Gasteiger charge is 2.30. The van der Waals surface area contributed by atoms with E-state index in [9.17, 15) is 0 Å². The van der Waals surface area contributed by atoms with Gasteiger partial charge in [-0.3, -0.25) is 4.90 Å². The van der Waals surface area contributed by atoms with E-state index in [1.807, 2.05) is 12.3 Å². The first-order chi connectivity index (χ1) is 16.4. The van der Waals surface area contributed by atoms with Crippen molar-refractivity contribution >= 4 is 16.6 Å². The largest absolute Gasteiger partial charge is 0.490 e. The van der Waals surface area contributed by atoms with Crippen molar-refractivity contribution < 1.29 is 4.74 Å². The summed E-state index contributed by atoms with van der Waals surface area (Å²) < 4.78 is 6.40. The first-order valence-electron chi connectivity index (χ1n) is 12.9. The second-order valence-electron chi connectivity index (χ2n) is 11.1. The molecule has 1 aromatic heterocycles. The molecule has 180 valence electrons. The summed E-state index contributed by atoms with van der Waals surface area (Å²) in [5.74, 6) is 2.86. The average molecular weight is 459 g/mol. The first-order valence-corrected chi connectivity index (χ1v) is 12.9. The molecule has 0 amide bonds. The number of fused-ring (bicyclic) bond motifs is 1. The Hall–Kier alpha value is -2.66. The van der Waals surface area contributed by atoms with Gasteiger partial charge in [0, 0.05) is 38.9 Å². The third-order valence-corrected chi connectivity index (χ3v) is 7.75. The van der Waals surface area contributed by atoms with Gasteiger partial charge < -0.3 is 9.64 Å². The lowest BCUT2D eigenvalue weighted by Crippen LogP contribution is -2.46. The Kier molecular flexibility index (Phi) is 6.73. The predicted molar refractivity (Wildman–Crippen MR) is 139 cm³/mol. The molecule has 0 bridgehead atoms. The molecule has 34 heavy (non-hydrogen) atoms. The smallest absolute Gasteiger partial charge is 0.131 e. The van der Waals surface area contributed by atoms with E-state index in [1.54, 1.807) is 6.33 Å². The van der Waals surface area contributed by atoms with Crippen LogP contribution in [0.25, 0.3) is 10.8 Å². The van der Waals surface area contributed by atoms with Crippen molar-refractivity contribution in [2.75, 3.05) is 31.1 Å². The lowest BCUT2D eigenvalue weighted by molar-refractivity contribution is 0.0883. The molecule has 1 aliphatic heterocycles. The van der Waals surface area contributed by atoms with Crippen molar-refractivity contribution in [1.29, 1.82) is 0 Å². The van der Waals surface area contributed by atoms with E-state index in [0.29, 0.717) is 11.5 Å². The zero-order valence-electron chi connectivity index (χ0n) is 20.9. The molecule has 1 saturated carbocycles. The molecule has 5 nitrogen and oxygen atoms in total. The fourth-order valence-corrected chi connectivity index (χ4v) is 5.55. The van der Waals surface area contributed by atoms with E-state index in [4.69, 9.17) is 4.74 Å². The molecule has 0 radical (unpaired) electrons. The molecule has 5 rings (SSSR count). The summed E-state index contributed by atoms with van der Waals surface area (Å²) in [7, 11) is 0. The second-order valence-corrected chi connectivity index (χ2v) is 11.1. The van der Waals surface area contributed by atoms with Gasteiger partial charge in [0.25, 0.3) is 0 Å². The molecular weight excluding hydrogens is 420 g/mol. The molecule has 2 aliphatic rings. The first kappa shape index (κ1) is 23.1. The predicted octanol–water partition coefficient (Wildman–Crippen LogP) is 5.94. The Labute approximate surface area is 204 Å². The maximum Gasteiger partial charge on any atom is 0.131 e. The molecular formula is C29H38N4O. The normalized spacial score (nSPS) is 22.1. The van der Waals surface area contributed by atoms with Crippen LogP contribution < -0.4 is 9.64 Å². The lowest BCUT2D eigenvalue weighted by Gasteiger charge is -2.37. The van der Waals surface area contributed by atoms with Crippen LogP contribution in [-0.4, -0.2) is 47.2 Å². The van der Waals surface area contributed by atoms with Crippen LogP contribution in [0.5, 0.6) is 5.75 Å². The summed E-state index contributed by atoms with van der Waals surface area (Å²) in [5.41, 5.74) is 1.79. The third-order valence-electron chi connectivity index (χ3n) is 7.75. The van der Waals surface area contributed by atoms with Gasteiger partial charge in [0.2, 0.25) is 0 Å². The zero-order valence-corrected chi connectivity index (χ0v) is 20.9. The van der Waals surface area contributed by atoms with E-state index < -0.39 is 0 Å². The molecule has 2 fully saturated rings. The number of hydrogen-bond donors (Lipinski definition) is 0. The number of piperazine rings is 1. The molecule has 1 saturated heterocycles. The number of benzene rings is 2. The fraction of sp³-hybridized carbons (Fsp3) is 0.517. The monoisotopic (exact) mass is 458 g/mol. The number of ether oxygens (including phenoxy) is 1. The van der Waals surface area contributed by atoms with E-state index in [0.717, 1.165) is 50.2 Å². The standard InChI is InChI=1S/C29H38N4O/c1-29(2,3)25-7-10-26(11-8-25)34-27-9-6-23-18-22(4-5-24(23)19-27)20-32-14-16-33(17-15-32)28-12-13-30-21-31-28/h4-6,9,12-13,18-19,21,25-26H,7-8,10-11,14-17,20H2,1-3H3. The minimum Gasteiger partial charge on any atom is -0.490 e. The van der Waals surface area contributed by atoms with Gasteiger partial charge in [0.05, 0.1) is 6.10 Å². The Morgan fingerprint density at radius 2 is 1.62 bits per heavy atom. The number of anilines is 1. The average Bonchev–Trinajstić information content (AvgIpc) is 2.85. The Morgan fingerprint density at radius 3 is 2.32 bits per heavy atom. The van der Waals surface area contributed by atoms with Gasteiger partial charge >= 0.3 is 0 Å². The van der Waals surface area contributed by atoms with Gasteiger partial charge in [-0.25, -0.2) is 9.97 Å². The van der Waals surface area contributed by atoms with Crippen molar-refractivity contribution in [3.05, 3.63) is 60.6 Å². The maximum atomic E-state index is 6.40. The number of nitrogens with zero attached hydrogens (tertiary/aromatic N) is 4. The van der Waals surface area contributed by atoms with E-state index in [-0.39, 0.29) is 0 Å². The van der Waals surface area contributed by atoms with Gasteiger partial charge in [-0.05, 0) is 77.6 Å². The van der Waals surface area contributed by atoms with Crippen molar-refractivity contribution in [3.8, 4) is 5.75 Å².